The zero-order valence-electron chi connectivity index (χ0n) is 22.8. The highest BCUT2D eigenvalue weighted by Gasteiger charge is 2.50. The largest absolute Gasteiger partial charge is 0.469 e. The van der Waals surface area contributed by atoms with Crippen LogP contribution in [0.1, 0.15) is 48.0 Å². The third-order valence-corrected chi connectivity index (χ3v) is 7.94. The molecule has 7 atom stereocenters. The fourth-order valence-corrected chi connectivity index (χ4v) is 6.09. The van der Waals surface area contributed by atoms with Crippen molar-refractivity contribution < 1.29 is 48.3 Å². The first kappa shape index (κ1) is 32.7. The summed E-state index contributed by atoms with van der Waals surface area (Å²) in [6.07, 6.45) is 8.19. The number of rotatable bonds is 8. The van der Waals surface area contributed by atoms with Crippen LogP contribution in [0.5, 0.6) is 0 Å². The molecule has 10 nitrogen and oxygen atoms in total. The van der Waals surface area contributed by atoms with Crippen molar-refractivity contribution in [1.29, 1.82) is 0 Å². The molecule has 2 aliphatic rings. The third-order valence-electron chi connectivity index (χ3n) is 6.72. The monoisotopic (exact) mass is 544 g/mol. The van der Waals surface area contributed by atoms with E-state index in [0.717, 1.165) is 0 Å². The number of thioether (sulfide) groups is 1. The lowest BCUT2D eigenvalue weighted by Gasteiger charge is -2.43. The predicted molar refractivity (Wildman–Crippen MR) is 137 cm³/mol. The van der Waals surface area contributed by atoms with Crippen LogP contribution in [0.15, 0.2) is 24.3 Å². The van der Waals surface area contributed by atoms with Crippen molar-refractivity contribution >= 4 is 35.6 Å². The molecule has 0 amide bonds. The van der Waals surface area contributed by atoms with Crippen LogP contribution in [-0.2, 0) is 43.0 Å². The van der Waals surface area contributed by atoms with E-state index in [1.54, 1.807) is 13.8 Å². The lowest BCUT2D eigenvalue weighted by molar-refractivity contribution is -0.236. The number of carbonyl (C=O) groups is 4. The van der Waals surface area contributed by atoms with Gasteiger partial charge in [0.15, 0.2) is 0 Å². The van der Waals surface area contributed by atoms with Crippen molar-refractivity contribution in [2.75, 3.05) is 26.6 Å². The maximum Gasteiger partial charge on any atom is 0.314 e. The molecule has 0 saturated carbocycles. The molecule has 0 aliphatic heterocycles. The summed E-state index contributed by atoms with van der Waals surface area (Å²) in [6.45, 7) is 10.2. The van der Waals surface area contributed by atoms with E-state index in [4.69, 9.17) is 24.2 Å². The molecule has 2 aliphatic carbocycles. The fraction of sp³-hybridized carbons (Fsp3) is 0.692. The summed E-state index contributed by atoms with van der Waals surface area (Å²) in [6, 6.07) is 0. The molecule has 1 N–H and O–H groups in total. The van der Waals surface area contributed by atoms with Crippen molar-refractivity contribution in [1.82, 2.24) is 0 Å². The summed E-state index contributed by atoms with van der Waals surface area (Å²) in [5.74, 6) is -2.14. The zero-order chi connectivity index (χ0) is 28.4. The van der Waals surface area contributed by atoms with Gasteiger partial charge in [-0.1, -0.05) is 38.2 Å². The maximum atomic E-state index is 12.1. The van der Waals surface area contributed by atoms with Crippen LogP contribution in [0.3, 0.4) is 0 Å². The summed E-state index contributed by atoms with van der Waals surface area (Å²) in [5.41, 5.74) is -1.77. The molecule has 0 spiro atoms. The second kappa shape index (κ2) is 14.5. The average molecular weight is 545 g/mol. The number of hydrogen-bond donors (Lipinski definition) is 1. The summed E-state index contributed by atoms with van der Waals surface area (Å²) in [4.78, 5) is 50.5. The van der Waals surface area contributed by atoms with Gasteiger partial charge in [0.1, 0.15) is 23.0 Å². The van der Waals surface area contributed by atoms with E-state index in [1.807, 2.05) is 38.2 Å². The lowest BCUT2D eigenvalue weighted by atomic mass is 9.69. The van der Waals surface area contributed by atoms with E-state index in [9.17, 15) is 19.2 Å². The van der Waals surface area contributed by atoms with E-state index < -0.39 is 35.0 Å². The SMILES string of the molecule is COC(=O)C1C(C)C=CC(C)C1(C)OC(C)=O.COC(=O)C1C(SCCOO)C=CCC1(C)OC(C)=O. The summed E-state index contributed by atoms with van der Waals surface area (Å²) < 4.78 is 20.4. The molecule has 0 aromatic heterocycles. The van der Waals surface area contributed by atoms with Gasteiger partial charge in [-0.2, -0.15) is 11.8 Å². The highest BCUT2D eigenvalue weighted by atomic mass is 32.2. The quantitative estimate of drug-likeness (QED) is 0.120. The van der Waals surface area contributed by atoms with Gasteiger partial charge in [0.2, 0.25) is 0 Å². The molecule has 0 aromatic carbocycles. The minimum atomic E-state index is -0.925. The second-order valence-corrected chi connectivity index (χ2v) is 10.8. The average Bonchev–Trinajstić information content (AvgIpc) is 2.80. The minimum Gasteiger partial charge on any atom is -0.469 e. The van der Waals surface area contributed by atoms with E-state index in [1.165, 1.54) is 39.8 Å². The molecule has 0 aromatic rings. The predicted octanol–water partition coefficient (Wildman–Crippen LogP) is 3.59. The Labute approximate surface area is 223 Å². The molecular formula is C26H40O10S. The van der Waals surface area contributed by atoms with Gasteiger partial charge >= 0.3 is 23.9 Å². The van der Waals surface area contributed by atoms with Crippen LogP contribution < -0.4 is 0 Å². The van der Waals surface area contributed by atoms with Crippen molar-refractivity contribution in [2.45, 2.75) is 64.4 Å². The Hall–Kier alpha value is -2.37. The molecule has 0 radical (unpaired) electrons. The Kier molecular flexibility index (Phi) is 12.8. The van der Waals surface area contributed by atoms with Crippen LogP contribution in [-0.4, -0.2) is 72.2 Å². The molecular weight excluding hydrogens is 504 g/mol. The van der Waals surface area contributed by atoms with Crippen LogP contribution in [0, 0.1) is 23.7 Å². The van der Waals surface area contributed by atoms with Gasteiger partial charge in [0.05, 0.1) is 20.8 Å². The molecule has 0 bridgehead atoms. The molecule has 210 valence electrons. The van der Waals surface area contributed by atoms with Crippen LogP contribution in [0.2, 0.25) is 0 Å². The minimum absolute atomic E-state index is 0.0111. The molecule has 7 unspecified atom stereocenters. The highest BCUT2D eigenvalue weighted by Crippen LogP contribution is 2.41. The highest BCUT2D eigenvalue weighted by molar-refractivity contribution is 8.00. The molecule has 11 heteroatoms. The van der Waals surface area contributed by atoms with Crippen molar-refractivity contribution in [3.63, 3.8) is 0 Å². The van der Waals surface area contributed by atoms with E-state index in [0.29, 0.717) is 12.2 Å². The van der Waals surface area contributed by atoms with Gasteiger partial charge in [-0.05, 0) is 19.8 Å². The Morgan fingerprint density at radius 3 is 2.00 bits per heavy atom. The smallest absolute Gasteiger partial charge is 0.314 e. The first-order valence-corrected chi connectivity index (χ1v) is 13.1. The van der Waals surface area contributed by atoms with Crippen molar-refractivity contribution in [3.8, 4) is 0 Å². The maximum absolute atomic E-state index is 12.1. The topological polar surface area (TPSA) is 135 Å². The zero-order valence-corrected chi connectivity index (χ0v) is 23.7. The lowest BCUT2D eigenvalue weighted by Crippen LogP contribution is -2.52. The van der Waals surface area contributed by atoms with Gasteiger partial charge in [-0.15, -0.1) is 0 Å². The third kappa shape index (κ3) is 8.58. The van der Waals surface area contributed by atoms with Gasteiger partial charge < -0.3 is 18.9 Å². The molecule has 0 saturated heterocycles. The van der Waals surface area contributed by atoms with Gasteiger partial charge in [0.25, 0.3) is 0 Å². The van der Waals surface area contributed by atoms with Gasteiger partial charge in [-0.3, -0.25) is 24.4 Å². The number of ether oxygens (including phenoxy) is 4. The Morgan fingerprint density at radius 2 is 1.49 bits per heavy atom. The number of hydrogen-bond acceptors (Lipinski definition) is 11. The first-order chi connectivity index (χ1) is 17.3. The normalized spacial score (nSPS) is 32.4. The number of methoxy groups -OCH3 is 2. The molecule has 37 heavy (non-hydrogen) atoms. The number of carbonyl (C=O) groups excluding carboxylic acids is 4. The molecule has 2 rings (SSSR count). The number of allylic oxidation sites excluding steroid dienone is 1. The van der Waals surface area contributed by atoms with Gasteiger partial charge in [-0.25, -0.2) is 4.89 Å². The first-order valence-electron chi connectivity index (χ1n) is 12.0. The van der Waals surface area contributed by atoms with Crippen LogP contribution in [0.25, 0.3) is 0 Å². The summed E-state index contributed by atoms with van der Waals surface area (Å²) in [7, 11) is 2.67. The molecule has 0 fully saturated rings. The van der Waals surface area contributed by atoms with E-state index in [-0.39, 0.29) is 35.6 Å². The van der Waals surface area contributed by atoms with Crippen LogP contribution in [0.4, 0.5) is 0 Å². The fourth-order valence-electron chi connectivity index (χ4n) is 4.83. The Morgan fingerprint density at radius 1 is 0.919 bits per heavy atom. The Balaban J connectivity index is 0.000000375. The van der Waals surface area contributed by atoms with Crippen LogP contribution >= 0.6 is 11.8 Å². The summed E-state index contributed by atoms with van der Waals surface area (Å²) in [5, 5.41) is 8.15. The van der Waals surface area contributed by atoms with Gasteiger partial charge in [0, 0.05) is 37.2 Å². The standard InChI is InChI=1S/C13H20O6S.C13H20O4/c1-9(14)19-13(2)6-4-5-10(20-8-7-18-16)11(13)12(15)17-3;1-8-6-7-9(2)13(4,17-10(3)14)11(8)12(15)16-5/h4-5,10-11,16H,6-8H2,1-3H3;6-9,11H,1-5H3. The number of esters is 4. The van der Waals surface area contributed by atoms with Crippen molar-refractivity contribution in [3.05, 3.63) is 24.3 Å². The van der Waals surface area contributed by atoms with E-state index >= 15 is 0 Å². The second-order valence-electron chi connectivity index (χ2n) is 9.52. The van der Waals surface area contributed by atoms with E-state index in [2.05, 4.69) is 4.89 Å². The Bertz CT molecular complexity index is 871. The summed E-state index contributed by atoms with van der Waals surface area (Å²) >= 11 is 1.44. The molecule has 0 heterocycles. The van der Waals surface area contributed by atoms with Crippen molar-refractivity contribution in [2.24, 2.45) is 23.7 Å².